The highest BCUT2D eigenvalue weighted by Gasteiger charge is 2.17. The van der Waals surface area contributed by atoms with Gasteiger partial charge < -0.3 is 20.6 Å². The number of aromatic hydroxyl groups is 1. The van der Waals surface area contributed by atoms with Crippen LogP contribution in [0.25, 0.3) is 0 Å². The Labute approximate surface area is 158 Å². The van der Waals surface area contributed by atoms with Gasteiger partial charge in [-0.15, -0.1) is 0 Å². The lowest BCUT2D eigenvalue weighted by molar-refractivity contribution is 0.102. The molecule has 7 heteroatoms. The number of amides is 1. The third-order valence-electron chi connectivity index (χ3n) is 3.57. The number of carbonyl (C=O) groups is 1. The molecular weight excluding hydrogens is 433 g/mol. The summed E-state index contributed by atoms with van der Waals surface area (Å²) in [6.07, 6.45) is 1.78. The van der Waals surface area contributed by atoms with Gasteiger partial charge in [0.25, 0.3) is 5.91 Å². The van der Waals surface area contributed by atoms with Gasteiger partial charge in [0, 0.05) is 9.26 Å². The lowest BCUT2D eigenvalue weighted by Gasteiger charge is -2.07. The summed E-state index contributed by atoms with van der Waals surface area (Å²) >= 11 is 2.20. The first-order chi connectivity index (χ1) is 12.0. The lowest BCUT2D eigenvalue weighted by Crippen LogP contribution is -2.16. The van der Waals surface area contributed by atoms with Crippen LogP contribution in [0.5, 0.6) is 5.75 Å². The Morgan fingerprint density at radius 1 is 1.20 bits per heavy atom. The summed E-state index contributed by atoms with van der Waals surface area (Å²) in [5, 5.41) is 12.1. The normalized spacial score (nSPS) is 11.9. The van der Waals surface area contributed by atoms with Crippen LogP contribution in [0.15, 0.2) is 59.2 Å². The minimum absolute atomic E-state index is 0.176. The maximum Gasteiger partial charge on any atom is 0.277 e. The van der Waals surface area contributed by atoms with Crippen LogP contribution in [0.1, 0.15) is 28.0 Å². The van der Waals surface area contributed by atoms with E-state index in [0.29, 0.717) is 18.0 Å². The molecule has 1 heterocycles. The molecule has 0 saturated heterocycles. The Kier molecular flexibility index (Phi) is 5.34. The number of hydrogen-bond acceptors (Lipinski definition) is 5. The lowest BCUT2D eigenvalue weighted by atomic mass is 10.1. The summed E-state index contributed by atoms with van der Waals surface area (Å²) in [4.78, 5) is 16.4. The second-order valence-electron chi connectivity index (χ2n) is 5.51. The van der Waals surface area contributed by atoms with E-state index in [0.717, 1.165) is 9.13 Å². The van der Waals surface area contributed by atoms with Crippen molar-refractivity contribution in [1.82, 2.24) is 4.98 Å². The smallest absolute Gasteiger partial charge is 0.277 e. The van der Waals surface area contributed by atoms with E-state index in [1.165, 1.54) is 6.26 Å². The molecule has 0 aliphatic heterocycles. The van der Waals surface area contributed by atoms with E-state index in [1.54, 1.807) is 24.3 Å². The number of oxazole rings is 1. The number of halogens is 1. The van der Waals surface area contributed by atoms with Crippen LogP contribution in [-0.4, -0.2) is 16.0 Å². The topological polar surface area (TPSA) is 101 Å². The Morgan fingerprint density at radius 3 is 2.56 bits per heavy atom. The minimum Gasteiger partial charge on any atom is -0.508 e. The SMILES string of the molecule is NC(Cc1ccc(O)cc1)c1nc(C(=O)Nc2ccc(I)cc2)co1. The highest BCUT2D eigenvalue weighted by atomic mass is 127. The van der Waals surface area contributed by atoms with Gasteiger partial charge in [-0.1, -0.05) is 12.1 Å². The molecule has 0 spiro atoms. The Hall–Kier alpha value is -2.39. The summed E-state index contributed by atoms with van der Waals surface area (Å²) in [6, 6.07) is 13.7. The van der Waals surface area contributed by atoms with E-state index in [4.69, 9.17) is 10.2 Å². The third kappa shape index (κ3) is 4.58. The standard InChI is InChI=1S/C18H16IN3O3/c19-12-3-5-13(6-4-12)21-17(24)16-10-25-18(22-16)15(20)9-11-1-7-14(23)8-2-11/h1-8,10,15,23H,9,20H2,(H,21,24). The van der Waals surface area contributed by atoms with E-state index < -0.39 is 6.04 Å². The number of phenols is 1. The van der Waals surface area contributed by atoms with Gasteiger partial charge in [-0.05, 0) is 71.0 Å². The molecule has 25 heavy (non-hydrogen) atoms. The number of anilines is 1. The zero-order chi connectivity index (χ0) is 17.8. The van der Waals surface area contributed by atoms with Crippen molar-refractivity contribution in [1.29, 1.82) is 0 Å². The molecule has 3 aromatic rings. The number of nitrogens with zero attached hydrogens (tertiary/aromatic N) is 1. The maximum atomic E-state index is 12.2. The molecule has 0 bridgehead atoms. The molecular formula is C18H16IN3O3. The molecule has 128 valence electrons. The summed E-state index contributed by atoms with van der Waals surface area (Å²) in [5.41, 5.74) is 7.89. The van der Waals surface area contributed by atoms with Crippen LogP contribution in [0.3, 0.4) is 0 Å². The maximum absolute atomic E-state index is 12.2. The molecule has 1 unspecified atom stereocenters. The van der Waals surface area contributed by atoms with Gasteiger partial charge in [-0.2, -0.15) is 0 Å². The summed E-state index contributed by atoms with van der Waals surface area (Å²) in [7, 11) is 0. The van der Waals surface area contributed by atoms with Crippen molar-refractivity contribution in [3.63, 3.8) is 0 Å². The number of carbonyl (C=O) groups excluding carboxylic acids is 1. The minimum atomic E-state index is -0.482. The van der Waals surface area contributed by atoms with E-state index in [1.807, 2.05) is 24.3 Å². The van der Waals surface area contributed by atoms with Gasteiger partial charge in [-0.3, -0.25) is 4.79 Å². The van der Waals surface area contributed by atoms with Crippen molar-refractivity contribution in [3.8, 4) is 5.75 Å². The van der Waals surface area contributed by atoms with Gasteiger partial charge in [0.2, 0.25) is 5.89 Å². The first-order valence-electron chi connectivity index (χ1n) is 7.57. The number of benzene rings is 2. The number of nitrogens with one attached hydrogen (secondary N) is 1. The Balaban J connectivity index is 1.65. The molecule has 3 rings (SSSR count). The van der Waals surface area contributed by atoms with Gasteiger partial charge in [-0.25, -0.2) is 4.98 Å². The average Bonchev–Trinajstić information content (AvgIpc) is 3.09. The van der Waals surface area contributed by atoms with Crippen LogP contribution in [0, 0.1) is 3.57 Å². The van der Waals surface area contributed by atoms with Crippen LogP contribution in [0.4, 0.5) is 5.69 Å². The zero-order valence-corrected chi connectivity index (χ0v) is 15.3. The molecule has 0 radical (unpaired) electrons. The monoisotopic (exact) mass is 449 g/mol. The second kappa shape index (κ2) is 7.66. The molecule has 0 fully saturated rings. The van der Waals surface area contributed by atoms with Crippen LogP contribution in [-0.2, 0) is 6.42 Å². The van der Waals surface area contributed by atoms with E-state index >= 15 is 0 Å². The molecule has 0 saturated carbocycles. The fourth-order valence-electron chi connectivity index (χ4n) is 2.26. The summed E-state index contributed by atoms with van der Waals surface area (Å²) in [5.74, 6) is 0.136. The van der Waals surface area contributed by atoms with Gasteiger partial charge in [0.1, 0.15) is 12.0 Å². The molecule has 6 nitrogen and oxygen atoms in total. The van der Waals surface area contributed by atoms with Gasteiger partial charge in [0.05, 0.1) is 6.04 Å². The van der Waals surface area contributed by atoms with Crippen molar-refractivity contribution >= 4 is 34.2 Å². The predicted molar refractivity (Wildman–Crippen MR) is 102 cm³/mol. The molecule has 0 aliphatic carbocycles. The molecule has 1 aromatic heterocycles. The molecule has 1 amide bonds. The number of rotatable bonds is 5. The first-order valence-corrected chi connectivity index (χ1v) is 8.65. The quantitative estimate of drug-likeness (QED) is 0.518. The molecule has 1 atom stereocenters. The summed E-state index contributed by atoms with van der Waals surface area (Å²) in [6.45, 7) is 0. The third-order valence-corrected chi connectivity index (χ3v) is 4.28. The van der Waals surface area contributed by atoms with Crippen molar-refractivity contribution in [2.45, 2.75) is 12.5 Å². The second-order valence-corrected chi connectivity index (χ2v) is 6.75. The zero-order valence-electron chi connectivity index (χ0n) is 13.1. The van der Waals surface area contributed by atoms with Crippen molar-refractivity contribution in [2.24, 2.45) is 5.73 Å². The van der Waals surface area contributed by atoms with Gasteiger partial charge >= 0.3 is 0 Å². The van der Waals surface area contributed by atoms with E-state index in [2.05, 4.69) is 32.9 Å². The largest absolute Gasteiger partial charge is 0.508 e. The first kappa shape index (κ1) is 17.4. The fourth-order valence-corrected chi connectivity index (χ4v) is 2.62. The van der Waals surface area contributed by atoms with E-state index in [9.17, 15) is 9.90 Å². The Bertz CT molecular complexity index is 860. The average molecular weight is 449 g/mol. The fraction of sp³-hybridized carbons (Fsp3) is 0.111. The summed E-state index contributed by atoms with van der Waals surface area (Å²) < 4.78 is 6.44. The van der Waals surface area contributed by atoms with Gasteiger partial charge in [0.15, 0.2) is 5.69 Å². The van der Waals surface area contributed by atoms with Crippen LogP contribution >= 0.6 is 22.6 Å². The van der Waals surface area contributed by atoms with Crippen molar-refractivity contribution < 1.29 is 14.3 Å². The van der Waals surface area contributed by atoms with Crippen LogP contribution in [0.2, 0.25) is 0 Å². The van der Waals surface area contributed by atoms with Crippen molar-refractivity contribution in [2.75, 3.05) is 5.32 Å². The molecule has 0 aliphatic rings. The van der Waals surface area contributed by atoms with Crippen LogP contribution < -0.4 is 11.1 Å². The molecule has 2 aromatic carbocycles. The number of nitrogens with two attached hydrogens (primary N) is 1. The molecule has 4 N–H and O–H groups in total. The highest BCUT2D eigenvalue weighted by Crippen LogP contribution is 2.19. The number of phenolic OH excluding ortho intramolecular Hbond substituents is 1. The number of aromatic nitrogens is 1. The van der Waals surface area contributed by atoms with Crippen molar-refractivity contribution in [3.05, 3.63) is 75.5 Å². The predicted octanol–water partition coefficient (Wildman–Crippen LogP) is 3.48. The highest BCUT2D eigenvalue weighted by molar-refractivity contribution is 14.1. The number of hydrogen-bond donors (Lipinski definition) is 3. The van der Waals surface area contributed by atoms with E-state index in [-0.39, 0.29) is 17.4 Å². The Morgan fingerprint density at radius 2 is 1.88 bits per heavy atom.